The number of hydrogen-bond acceptors (Lipinski definition) is 2. The average molecular weight is 250 g/mol. The summed E-state index contributed by atoms with van der Waals surface area (Å²) in [5.41, 5.74) is 1.09. The number of rotatable bonds is 4. The Kier molecular flexibility index (Phi) is 3.28. The van der Waals surface area contributed by atoms with Crippen LogP contribution in [0.5, 0.6) is 5.75 Å². The van der Waals surface area contributed by atoms with E-state index in [9.17, 15) is 0 Å². The molecule has 94 valence electrons. The third kappa shape index (κ3) is 2.65. The second-order valence-electron chi connectivity index (χ2n) is 4.15. The van der Waals surface area contributed by atoms with Crippen molar-refractivity contribution in [3.63, 3.8) is 0 Å². The lowest BCUT2D eigenvalue weighted by Crippen LogP contribution is -2.04. The molecule has 0 bridgehead atoms. The molecule has 1 heterocycles. The molecule has 0 saturated carbocycles. The Labute approximate surface area is 112 Å². The summed E-state index contributed by atoms with van der Waals surface area (Å²) < 4.78 is 7.76. The molecule has 1 aromatic heterocycles. The van der Waals surface area contributed by atoms with E-state index in [1.807, 2.05) is 71.4 Å². The van der Waals surface area contributed by atoms with Crippen LogP contribution in [0.25, 0.3) is 5.69 Å². The molecule has 3 heteroatoms. The first-order chi connectivity index (χ1) is 9.43. The average Bonchev–Trinajstić information content (AvgIpc) is 2.95. The molecule has 19 heavy (non-hydrogen) atoms. The molecule has 0 spiro atoms. The molecule has 0 saturated heterocycles. The van der Waals surface area contributed by atoms with Gasteiger partial charge in [-0.2, -0.15) is 0 Å². The molecule has 3 nitrogen and oxygen atoms in total. The molecule has 0 fully saturated rings. The molecule has 0 N–H and O–H groups in total. The molecule has 0 amide bonds. The van der Waals surface area contributed by atoms with Crippen LogP contribution in [0.2, 0.25) is 0 Å². The standard InChI is InChI=1S/C16H14N2O/c1-3-7-14(8-4-1)18-12-11-17-16(18)13-19-15-9-5-2-6-10-15/h1-12H,13H2. The third-order valence-electron chi connectivity index (χ3n) is 2.86. The van der Waals surface area contributed by atoms with Crippen molar-refractivity contribution in [2.24, 2.45) is 0 Å². The van der Waals surface area contributed by atoms with E-state index in [0.717, 1.165) is 17.3 Å². The summed E-state index contributed by atoms with van der Waals surface area (Å²) in [6.07, 6.45) is 3.73. The predicted molar refractivity (Wildman–Crippen MR) is 74.3 cm³/mol. The first-order valence-electron chi connectivity index (χ1n) is 6.19. The highest BCUT2D eigenvalue weighted by Gasteiger charge is 2.05. The van der Waals surface area contributed by atoms with Crippen molar-refractivity contribution in [1.29, 1.82) is 0 Å². The number of ether oxygens (including phenoxy) is 1. The van der Waals surface area contributed by atoms with Gasteiger partial charge in [-0.05, 0) is 24.3 Å². The van der Waals surface area contributed by atoms with Crippen molar-refractivity contribution in [2.45, 2.75) is 6.61 Å². The van der Waals surface area contributed by atoms with Crippen LogP contribution in [0, 0.1) is 0 Å². The van der Waals surface area contributed by atoms with Gasteiger partial charge in [0.2, 0.25) is 0 Å². The van der Waals surface area contributed by atoms with Gasteiger partial charge in [-0.15, -0.1) is 0 Å². The van der Waals surface area contributed by atoms with Crippen LogP contribution in [-0.4, -0.2) is 9.55 Å². The minimum Gasteiger partial charge on any atom is -0.486 e. The van der Waals surface area contributed by atoms with Gasteiger partial charge < -0.3 is 9.30 Å². The highest BCUT2D eigenvalue weighted by Crippen LogP contribution is 2.14. The van der Waals surface area contributed by atoms with Gasteiger partial charge in [0, 0.05) is 18.1 Å². The van der Waals surface area contributed by atoms with E-state index in [0.29, 0.717) is 6.61 Å². The van der Waals surface area contributed by atoms with Crippen molar-refractivity contribution in [2.75, 3.05) is 0 Å². The quantitative estimate of drug-likeness (QED) is 0.709. The molecule has 0 aliphatic heterocycles. The van der Waals surface area contributed by atoms with Crippen LogP contribution in [0.15, 0.2) is 73.1 Å². The Hall–Kier alpha value is -2.55. The van der Waals surface area contributed by atoms with Crippen LogP contribution in [0.1, 0.15) is 5.82 Å². The van der Waals surface area contributed by atoms with Crippen LogP contribution in [0.3, 0.4) is 0 Å². The van der Waals surface area contributed by atoms with Crippen molar-refractivity contribution in [3.8, 4) is 11.4 Å². The van der Waals surface area contributed by atoms with Gasteiger partial charge >= 0.3 is 0 Å². The zero-order valence-electron chi connectivity index (χ0n) is 10.4. The lowest BCUT2D eigenvalue weighted by Gasteiger charge is -2.09. The van der Waals surface area contributed by atoms with E-state index in [-0.39, 0.29) is 0 Å². The molecule has 0 aliphatic rings. The summed E-state index contributed by atoms with van der Waals surface area (Å²) in [7, 11) is 0. The largest absolute Gasteiger partial charge is 0.486 e. The van der Waals surface area contributed by atoms with E-state index in [1.54, 1.807) is 6.20 Å². The molecule has 0 atom stereocenters. The molecule has 0 radical (unpaired) electrons. The first kappa shape index (κ1) is 11.5. The maximum atomic E-state index is 5.73. The Morgan fingerprint density at radius 3 is 2.32 bits per heavy atom. The van der Waals surface area contributed by atoms with Crippen molar-refractivity contribution >= 4 is 0 Å². The Morgan fingerprint density at radius 2 is 1.58 bits per heavy atom. The normalized spacial score (nSPS) is 10.3. The van der Waals surface area contributed by atoms with Crippen LogP contribution in [-0.2, 0) is 6.61 Å². The number of hydrogen-bond donors (Lipinski definition) is 0. The van der Waals surface area contributed by atoms with E-state index in [4.69, 9.17) is 4.74 Å². The molecule has 0 aliphatic carbocycles. The van der Waals surface area contributed by atoms with Crippen LogP contribution in [0.4, 0.5) is 0 Å². The molecule has 0 unspecified atom stereocenters. The topological polar surface area (TPSA) is 27.1 Å². The van der Waals surface area contributed by atoms with Gasteiger partial charge in [0.25, 0.3) is 0 Å². The highest BCUT2D eigenvalue weighted by molar-refractivity contribution is 5.32. The summed E-state index contributed by atoms with van der Waals surface area (Å²) >= 11 is 0. The Bertz CT molecular complexity index is 632. The van der Waals surface area contributed by atoms with Gasteiger partial charge in [0.05, 0.1) is 0 Å². The zero-order valence-corrected chi connectivity index (χ0v) is 10.4. The Morgan fingerprint density at radius 1 is 0.895 bits per heavy atom. The molecule has 3 aromatic rings. The van der Waals surface area contributed by atoms with Gasteiger partial charge in [-0.25, -0.2) is 4.98 Å². The van der Waals surface area contributed by atoms with Crippen molar-refractivity contribution in [3.05, 3.63) is 78.9 Å². The second kappa shape index (κ2) is 5.40. The van der Waals surface area contributed by atoms with E-state index in [2.05, 4.69) is 4.98 Å². The Balaban J connectivity index is 1.78. The lowest BCUT2D eigenvalue weighted by molar-refractivity contribution is 0.294. The fraction of sp³-hybridized carbons (Fsp3) is 0.0625. The number of aromatic nitrogens is 2. The zero-order chi connectivity index (χ0) is 12.9. The van der Waals surface area contributed by atoms with E-state index >= 15 is 0 Å². The molecular weight excluding hydrogens is 236 g/mol. The van der Waals surface area contributed by atoms with E-state index < -0.39 is 0 Å². The number of nitrogens with zero attached hydrogens (tertiary/aromatic N) is 2. The molecule has 3 rings (SSSR count). The first-order valence-corrected chi connectivity index (χ1v) is 6.19. The maximum absolute atomic E-state index is 5.73. The summed E-state index contributed by atoms with van der Waals surface area (Å²) in [5, 5.41) is 0. The minimum atomic E-state index is 0.450. The molecule has 2 aromatic carbocycles. The second-order valence-corrected chi connectivity index (χ2v) is 4.15. The summed E-state index contributed by atoms with van der Waals surface area (Å²) in [5.74, 6) is 1.74. The maximum Gasteiger partial charge on any atom is 0.151 e. The highest BCUT2D eigenvalue weighted by atomic mass is 16.5. The monoisotopic (exact) mass is 250 g/mol. The van der Waals surface area contributed by atoms with Gasteiger partial charge in [0.15, 0.2) is 5.82 Å². The summed E-state index contributed by atoms with van der Waals surface area (Å²) in [6, 6.07) is 19.9. The van der Waals surface area contributed by atoms with Crippen molar-refractivity contribution < 1.29 is 4.74 Å². The van der Waals surface area contributed by atoms with E-state index in [1.165, 1.54) is 0 Å². The van der Waals surface area contributed by atoms with Gasteiger partial charge in [-0.1, -0.05) is 36.4 Å². The predicted octanol–water partition coefficient (Wildman–Crippen LogP) is 3.45. The fourth-order valence-electron chi connectivity index (χ4n) is 1.93. The van der Waals surface area contributed by atoms with Gasteiger partial charge in [0.1, 0.15) is 12.4 Å². The van der Waals surface area contributed by atoms with Crippen LogP contribution < -0.4 is 4.74 Å². The summed E-state index contributed by atoms with van der Waals surface area (Å²) in [6.45, 7) is 0.450. The smallest absolute Gasteiger partial charge is 0.151 e. The number of benzene rings is 2. The molecular formula is C16H14N2O. The lowest BCUT2D eigenvalue weighted by atomic mass is 10.3. The van der Waals surface area contributed by atoms with Gasteiger partial charge in [-0.3, -0.25) is 0 Å². The van der Waals surface area contributed by atoms with Crippen LogP contribution >= 0.6 is 0 Å². The van der Waals surface area contributed by atoms with Crippen molar-refractivity contribution in [1.82, 2.24) is 9.55 Å². The fourth-order valence-corrected chi connectivity index (χ4v) is 1.93. The minimum absolute atomic E-state index is 0.450. The summed E-state index contributed by atoms with van der Waals surface area (Å²) in [4.78, 5) is 4.35. The number of imidazole rings is 1. The number of para-hydroxylation sites is 2. The third-order valence-corrected chi connectivity index (χ3v) is 2.86. The SMILES string of the molecule is c1ccc(OCc2nccn2-c2ccccc2)cc1.